The lowest BCUT2D eigenvalue weighted by molar-refractivity contribution is 0.0703. The lowest BCUT2D eigenvalue weighted by Gasteiger charge is -2.29. The van der Waals surface area contributed by atoms with Crippen molar-refractivity contribution in [3.05, 3.63) is 95.3 Å². The maximum Gasteiger partial charge on any atom is 0.232 e. The van der Waals surface area contributed by atoms with Gasteiger partial charge < -0.3 is 64.3 Å². The topological polar surface area (TPSA) is 207 Å². The fourth-order valence-corrected chi connectivity index (χ4v) is 5.75. The van der Waals surface area contributed by atoms with Crippen LogP contribution in [-0.4, -0.2) is 144 Å². The Balaban J connectivity index is 1.80. The lowest BCUT2D eigenvalue weighted by Crippen LogP contribution is -2.35. The maximum atomic E-state index is 10.3. The molecule has 0 saturated carbocycles. The molecule has 306 valence electrons. The highest BCUT2D eigenvalue weighted by Gasteiger charge is 2.23. The Morgan fingerprint density at radius 2 is 1.02 bits per heavy atom. The standard InChI is InChI=1S/C40H56N6O10/c47-18-8-24-54-35-13-6-4-10-33(35)30-45(16-20-49)39-41-38(44(15-19-48)29-32-9-2-1-3-12-36(32)55-26-23-52)42-40(43-39)46(17-21-50)31-34-11-5-7-14-37(34)56-28-27-53-25-22-51/h2-7,9-14,47-52H,1,8,15-31H2. The number of hydrogen-bond acceptors (Lipinski definition) is 16. The molecule has 0 aliphatic heterocycles. The van der Waals surface area contributed by atoms with Crippen LogP contribution in [0.15, 0.2) is 84.2 Å². The molecule has 0 bridgehead atoms. The number of hydrogen-bond donors (Lipinski definition) is 6. The van der Waals surface area contributed by atoms with E-state index in [1.165, 1.54) is 0 Å². The number of allylic oxidation sites excluding steroid dienone is 3. The number of para-hydroxylation sites is 2. The Kier molecular flexibility index (Phi) is 19.9. The Morgan fingerprint density at radius 3 is 1.55 bits per heavy atom. The first kappa shape index (κ1) is 43.9. The minimum atomic E-state index is -0.220. The Bertz CT molecular complexity index is 1680. The largest absolute Gasteiger partial charge is 0.493 e. The van der Waals surface area contributed by atoms with Crippen LogP contribution in [0.25, 0.3) is 0 Å². The zero-order chi connectivity index (χ0) is 39.8. The normalized spacial score (nSPS) is 12.5. The smallest absolute Gasteiger partial charge is 0.232 e. The van der Waals surface area contributed by atoms with Crippen molar-refractivity contribution in [1.29, 1.82) is 0 Å². The van der Waals surface area contributed by atoms with E-state index in [-0.39, 0.29) is 117 Å². The van der Waals surface area contributed by atoms with Crippen molar-refractivity contribution < 1.29 is 49.6 Å². The molecule has 0 spiro atoms. The summed E-state index contributed by atoms with van der Waals surface area (Å²) in [5.41, 5.74) is 2.39. The molecule has 0 atom stereocenters. The molecule has 56 heavy (non-hydrogen) atoms. The summed E-state index contributed by atoms with van der Waals surface area (Å²) in [5, 5.41) is 58.7. The van der Waals surface area contributed by atoms with E-state index in [1.807, 2.05) is 82.6 Å². The molecule has 1 heterocycles. The molecule has 16 nitrogen and oxygen atoms in total. The molecule has 4 rings (SSSR count). The van der Waals surface area contributed by atoms with Gasteiger partial charge in [0.1, 0.15) is 30.5 Å². The SMILES string of the molecule is OCCCOc1ccccc1CN(CCO)c1nc(N(CCO)CC2=C(OCCO)C=CCC=C2)nc(N(CCO)Cc2ccccc2OCCOCCO)n1. The zero-order valence-corrected chi connectivity index (χ0v) is 31.9. The van der Waals surface area contributed by atoms with E-state index in [0.29, 0.717) is 43.3 Å². The van der Waals surface area contributed by atoms with Crippen LogP contribution in [0.5, 0.6) is 11.5 Å². The van der Waals surface area contributed by atoms with Gasteiger partial charge in [0.2, 0.25) is 17.8 Å². The molecule has 16 heteroatoms. The Hall–Kier alpha value is -4.81. The highest BCUT2D eigenvalue weighted by atomic mass is 16.5. The minimum absolute atomic E-state index is 0.00241. The van der Waals surface area contributed by atoms with Crippen molar-refractivity contribution in [2.45, 2.75) is 25.9 Å². The molecule has 1 aromatic heterocycles. The van der Waals surface area contributed by atoms with Crippen LogP contribution >= 0.6 is 0 Å². The number of aromatic nitrogens is 3. The van der Waals surface area contributed by atoms with E-state index in [1.54, 1.807) is 4.90 Å². The third-order valence-electron chi connectivity index (χ3n) is 8.39. The zero-order valence-electron chi connectivity index (χ0n) is 31.9. The molecular formula is C40H56N6O10. The molecule has 0 amide bonds. The predicted molar refractivity (Wildman–Crippen MR) is 212 cm³/mol. The fraction of sp³-hybridized carbons (Fsp3) is 0.475. The summed E-state index contributed by atoms with van der Waals surface area (Å²) in [6, 6.07) is 15.0. The van der Waals surface area contributed by atoms with Crippen LogP contribution in [0.3, 0.4) is 0 Å². The molecule has 1 aliphatic carbocycles. The highest BCUT2D eigenvalue weighted by molar-refractivity contribution is 5.51. The third-order valence-corrected chi connectivity index (χ3v) is 8.39. The van der Waals surface area contributed by atoms with Crippen molar-refractivity contribution in [3.8, 4) is 11.5 Å². The molecular weight excluding hydrogens is 724 g/mol. The van der Waals surface area contributed by atoms with Gasteiger partial charge in [-0.3, -0.25) is 0 Å². The summed E-state index contributed by atoms with van der Waals surface area (Å²) in [6.07, 6.45) is 8.91. The first-order valence-electron chi connectivity index (χ1n) is 18.9. The summed E-state index contributed by atoms with van der Waals surface area (Å²) in [6.45, 7) is 1.49. The van der Waals surface area contributed by atoms with Crippen molar-refractivity contribution in [1.82, 2.24) is 15.0 Å². The maximum absolute atomic E-state index is 10.3. The van der Waals surface area contributed by atoms with Gasteiger partial charge in [-0.1, -0.05) is 54.6 Å². The third kappa shape index (κ3) is 14.0. The van der Waals surface area contributed by atoms with Gasteiger partial charge in [-0.15, -0.1) is 0 Å². The second kappa shape index (κ2) is 25.4. The van der Waals surface area contributed by atoms with Crippen LogP contribution in [-0.2, 0) is 22.6 Å². The quantitative estimate of drug-likeness (QED) is 0.0579. The average Bonchev–Trinajstić information content (AvgIpc) is 3.45. The Morgan fingerprint density at radius 1 is 0.500 bits per heavy atom. The van der Waals surface area contributed by atoms with Crippen LogP contribution in [0.4, 0.5) is 17.8 Å². The van der Waals surface area contributed by atoms with Gasteiger partial charge in [-0.2, -0.15) is 15.0 Å². The molecule has 0 fully saturated rings. The number of benzene rings is 2. The summed E-state index contributed by atoms with van der Waals surface area (Å²) >= 11 is 0. The number of aliphatic hydroxyl groups excluding tert-OH is 6. The average molecular weight is 781 g/mol. The van der Waals surface area contributed by atoms with E-state index < -0.39 is 0 Å². The van der Waals surface area contributed by atoms with E-state index in [0.717, 1.165) is 16.7 Å². The second-order valence-electron chi connectivity index (χ2n) is 12.5. The number of anilines is 3. The first-order valence-corrected chi connectivity index (χ1v) is 18.9. The van der Waals surface area contributed by atoms with Crippen molar-refractivity contribution >= 4 is 17.8 Å². The van der Waals surface area contributed by atoms with E-state index in [2.05, 4.69) is 0 Å². The molecule has 3 aromatic rings. The van der Waals surface area contributed by atoms with Gasteiger partial charge in [-0.25, -0.2) is 0 Å². The summed E-state index contributed by atoms with van der Waals surface area (Å²) in [5.74, 6) is 2.51. The fourth-order valence-electron chi connectivity index (χ4n) is 5.75. The Labute approximate surface area is 328 Å². The molecule has 0 saturated heterocycles. The highest BCUT2D eigenvalue weighted by Crippen LogP contribution is 2.28. The predicted octanol–water partition coefficient (Wildman–Crippen LogP) is 1.60. The van der Waals surface area contributed by atoms with Gasteiger partial charge in [0, 0.05) is 69.0 Å². The van der Waals surface area contributed by atoms with Crippen molar-refractivity contribution in [2.75, 3.05) is 114 Å². The van der Waals surface area contributed by atoms with Gasteiger partial charge in [0.05, 0.1) is 52.9 Å². The van der Waals surface area contributed by atoms with Crippen molar-refractivity contribution in [2.24, 2.45) is 0 Å². The van der Waals surface area contributed by atoms with Gasteiger partial charge in [0.15, 0.2) is 0 Å². The van der Waals surface area contributed by atoms with Crippen LogP contribution in [0.1, 0.15) is 24.0 Å². The molecule has 0 unspecified atom stereocenters. The number of nitrogens with zero attached hydrogens (tertiary/aromatic N) is 6. The lowest BCUT2D eigenvalue weighted by atomic mass is 10.2. The molecule has 2 aromatic carbocycles. The molecule has 0 radical (unpaired) electrons. The van der Waals surface area contributed by atoms with Gasteiger partial charge >= 0.3 is 0 Å². The van der Waals surface area contributed by atoms with Gasteiger partial charge in [-0.05, 0) is 24.6 Å². The number of rotatable bonds is 28. The summed E-state index contributed by atoms with van der Waals surface area (Å²) in [7, 11) is 0. The number of ether oxygens (including phenoxy) is 4. The first-order chi connectivity index (χ1) is 27.5. The molecule has 1 aliphatic rings. The van der Waals surface area contributed by atoms with Crippen LogP contribution in [0.2, 0.25) is 0 Å². The molecule has 6 N–H and O–H groups in total. The van der Waals surface area contributed by atoms with Crippen molar-refractivity contribution in [3.63, 3.8) is 0 Å². The summed E-state index contributed by atoms with van der Waals surface area (Å²) < 4.78 is 23.3. The van der Waals surface area contributed by atoms with E-state index in [4.69, 9.17) is 39.0 Å². The van der Waals surface area contributed by atoms with Gasteiger partial charge in [0.25, 0.3) is 0 Å². The monoisotopic (exact) mass is 780 g/mol. The number of aliphatic hydroxyl groups is 6. The van der Waals surface area contributed by atoms with Crippen LogP contribution < -0.4 is 24.2 Å². The van der Waals surface area contributed by atoms with E-state index in [9.17, 15) is 25.5 Å². The van der Waals surface area contributed by atoms with Crippen LogP contribution in [0, 0.1) is 0 Å². The van der Waals surface area contributed by atoms with E-state index >= 15 is 0 Å². The second-order valence-corrected chi connectivity index (χ2v) is 12.5. The summed E-state index contributed by atoms with van der Waals surface area (Å²) in [4.78, 5) is 20.2. The minimum Gasteiger partial charge on any atom is -0.493 e.